The first-order chi connectivity index (χ1) is 4.92. The molecule has 0 unspecified atom stereocenters. The Balaban J connectivity index is 3.22. The molecule has 6 heteroatoms. The fraction of sp³-hybridized carbons (Fsp3) is 0.800. The first-order valence-electron chi connectivity index (χ1n) is 2.78. The lowest BCUT2D eigenvalue weighted by atomic mass is 10.5. The van der Waals surface area contributed by atoms with Gasteiger partial charge in [0.2, 0.25) is 0 Å². The molecular formula is C5H7F3O2S. The molecule has 0 atom stereocenters. The number of carboxylic acid groups (broad SMARTS) is 1. The average molecular weight is 188 g/mol. The largest absolute Gasteiger partial charge is 0.481 e. The van der Waals surface area contributed by atoms with Crippen molar-refractivity contribution < 1.29 is 23.1 Å². The van der Waals surface area contributed by atoms with Crippen LogP contribution in [0.5, 0.6) is 0 Å². The zero-order chi connectivity index (χ0) is 8.91. The Bertz CT molecular complexity index is 134. The summed E-state index contributed by atoms with van der Waals surface area (Å²) in [5.74, 6) is -2.03. The van der Waals surface area contributed by atoms with Crippen molar-refractivity contribution in [3.05, 3.63) is 0 Å². The molecule has 0 aliphatic carbocycles. The molecule has 0 heterocycles. The zero-order valence-corrected chi connectivity index (χ0v) is 6.34. The summed E-state index contributed by atoms with van der Waals surface area (Å²) in [6.07, 6.45) is -4.41. The number of carboxylic acids is 1. The Labute approximate surface area is 65.8 Å². The van der Waals surface area contributed by atoms with Crippen LogP contribution in [0.1, 0.15) is 6.42 Å². The molecule has 0 aromatic rings. The lowest BCUT2D eigenvalue weighted by Crippen LogP contribution is -2.11. The number of halogens is 3. The van der Waals surface area contributed by atoms with Gasteiger partial charge in [-0.25, -0.2) is 0 Å². The minimum Gasteiger partial charge on any atom is -0.481 e. The second-order valence-corrected chi connectivity index (χ2v) is 2.92. The molecular weight excluding hydrogens is 181 g/mol. The van der Waals surface area contributed by atoms with E-state index in [0.29, 0.717) is 11.8 Å². The third-order valence-electron chi connectivity index (χ3n) is 0.726. The van der Waals surface area contributed by atoms with Crippen molar-refractivity contribution >= 4 is 17.7 Å². The topological polar surface area (TPSA) is 37.3 Å². The first kappa shape index (κ1) is 10.6. The number of carbonyl (C=O) groups is 1. The highest BCUT2D eigenvalue weighted by molar-refractivity contribution is 7.99. The van der Waals surface area contributed by atoms with Crippen LogP contribution >= 0.6 is 11.8 Å². The van der Waals surface area contributed by atoms with E-state index in [-0.39, 0.29) is 12.2 Å². The molecule has 66 valence electrons. The molecule has 11 heavy (non-hydrogen) atoms. The van der Waals surface area contributed by atoms with Crippen molar-refractivity contribution in [2.45, 2.75) is 12.6 Å². The van der Waals surface area contributed by atoms with Gasteiger partial charge in [-0.15, -0.1) is 0 Å². The van der Waals surface area contributed by atoms with E-state index in [9.17, 15) is 18.0 Å². The van der Waals surface area contributed by atoms with Crippen molar-refractivity contribution in [3.8, 4) is 0 Å². The molecule has 0 aromatic carbocycles. The summed E-state index contributed by atoms with van der Waals surface area (Å²) in [7, 11) is 0. The van der Waals surface area contributed by atoms with E-state index < -0.39 is 17.9 Å². The van der Waals surface area contributed by atoms with Gasteiger partial charge < -0.3 is 5.11 Å². The maximum atomic E-state index is 11.4. The molecule has 0 fully saturated rings. The maximum absolute atomic E-state index is 11.4. The van der Waals surface area contributed by atoms with Crippen molar-refractivity contribution in [3.63, 3.8) is 0 Å². The van der Waals surface area contributed by atoms with E-state index in [1.165, 1.54) is 0 Å². The molecule has 0 aliphatic heterocycles. The van der Waals surface area contributed by atoms with Crippen LogP contribution in [0, 0.1) is 0 Å². The highest BCUT2D eigenvalue weighted by Crippen LogP contribution is 2.21. The number of alkyl halides is 3. The summed E-state index contributed by atoms with van der Waals surface area (Å²) in [5, 5.41) is 8.05. The van der Waals surface area contributed by atoms with Gasteiger partial charge in [0.1, 0.15) is 0 Å². The van der Waals surface area contributed by atoms with Gasteiger partial charge in [0.25, 0.3) is 0 Å². The van der Waals surface area contributed by atoms with Gasteiger partial charge in [-0.1, -0.05) is 0 Å². The summed E-state index contributed by atoms with van der Waals surface area (Å²) in [6, 6.07) is 0. The lowest BCUT2D eigenvalue weighted by Gasteiger charge is -2.03. The predicted molar refractivity (Wildman–Crippen MR) is 35.6 cm³/mol. The fourth-order valence-electron chi connectivity index (χ4n) is 0.347. The highest BCUT2D eigenvalue weighted by Gasteiger charge is 2.26. The summed E-state index contributed by atoms with van der Waals surface area (Å²) < 4.78 is 34.2. The van der Waals surface area contributed by atoms with E-state index in [0.717, 1.165) is 0 Å². The molecule has 0 bridgehead atoms. The second-order valence-electron chi connectivity index (χ2n) is 1.81. The van der Waals surface area contributed by atoms with Gasteiger partial charge in [0, 0.05) is 5.75 Å². The fourth-order valence-corrected chi connectivity index (χ4v) is 1.04. The Hall–Kier alpha value is -0.390. The summed E-state index contributed by atoms with van der Waals surface area (Å²) in [5.41, 5.74) is 0. The van der Waals surface area contributed by atoms with E-state index in [2.05, 4.69) is 0 Å². The maximum Gasteiger partial charge on any atom is 0.397 e. The first-order valence-corrected chi connectivity index (χ1v) is 3.93. The van der Waals surface area contributed by atoms with Crippen LogP contribution in [-0.4, -0.2) is 28.8 Å². The van der Waals surface area contributed by atoms with Gasteiger partial charge in [-0.2, -0.15) is 24.9 Å². The molecule has 2 nitrogen and oxygen atoms in total. The van der Waals surface area contributed by atoms with E-state index >= 15 is 0 Å². The number of hydrogen-bond donors (Lipinski definition) is 1. The second kappa shape index (κ2) is 4.48. The molecule has 0 spiro atoms. The molecule has 0 saturated carbocycles. The molecule has 1 N–H and O–H groups in total. The molecule has 0 aliphatic rings. The van der Waals surface area contributed by atoms with E-state index in [1.807, 2.05) is 0 Å². The standard InChI is InChI=1S/C5H7F3O2S/c6-5(7,8)3-11-2-1-4(9)10/h1-3H2,(H,9,10). The van der Waals surface area contributed by atoms with Crippen LogP contribution in [0.3, 0.4) is 0 Å². The van der Waals surface area contributed by atoms with Crippen LogP contribution in [-0.2, 0) is 4.79 Å². The Morgan fingerprint density at radius 3 is 2.36 bits per heavy atom. The molecule has 0 aromatic heterocycles. The van der Waals surface area contributed by atoms with Crippen LogP contribution in [0.25, 0.3) is 0 Å². The Kier molecular flexibility index (Phi) is 4.32. The monoisotopic (exact) mass is 188 g/mol. The van der Waals surface area contributed by atoms with E-state index in [1.54, 1.807) is 0 Å². The number of rotatable bonds is 4. The number of hydrogen-bond acceptors (Lipinski definition) is 2. The smallest absolute Gasteiger partial charge is 0.397 e. The quantitative estimate of drug-likeness (QED) is 0.683. The summed E-state index contributed by atoms with van der Waals surface area (Å²) in [4.78, 5) is 9.83. The highest BCUT2D eigenvalue weighted by atomic mass is 32.2. The van der Waals surface area contributed by atoms with Crippen molar-refractivity contribution in [2.75, 3.05) is 11.5 Å². The summed E-state index contributed by atoms with van der Waals surface area (Å²) in [6.45, 7) is 0. The van der Waals surface area contributed by atoms with Crippen LogP contribution in [0.2, 0.25) is 0 Å². The van der Waals surface area contributed by atoms with Gasteiger partial charge in [0.15, 0.2) is 0 Å². The summed E-state index contributed by atoms with van der Waals surface area (Å²) >= 11 is 0.583. The third kappa shape index (κ3) is 9.61. The molecule has 0 saturated heterocycles. The van der Waals surface area contributed by atoms with Crippen LogP contribution < -0.4 is 0 Å². The van der Waals surface area contributed by atoms with E-state index in [4.69, 9.17) is 5.11 Å². The van der Waals surface area contributed by atoms with Gasteiger partial charge >= 0.3 is 12.1 Å². The predicted octanol–water partition coefficient (Wildman–Crippen LogP) is 1.76. The van der Waals surface area contributed by atoms with Crippen LogP contribution in [0.4, 0.5) is 13.2 Å². The van der Waals surface area contributed by atoms with Gasteiger partial charge in [-0.3, -0.25) is 4.79 Å². The Morgan fingerprint density at radius 1 is 1.45 bits per heavy atom. The van der Waals surface area contributed by atoms with Crippen LogP contribution in [0.15, 0.2) is 0 Å². The lowest BCUT2D eigenvalue weighted by molar-refractivity contribution is -0.136. The SMILES string of the molecule is O=C(O)CCSCC(F)(F)F. The van der Waals surface area contributed by atoms with Crippen molar-refractivity contribution in [1.82, 2.24) is 0 Å². The molecule has 0 radical (unpaired) electrons. The third-order valence-corrected chi connectivity index (χ3v) is 1.75. The van der Waals surface area contributed by atoms with Gasteiger partial charge in [-0.05, 0) is 0 Å². The minimum atomic E-state index is -4.19. The van der Waals surface area contributed by atoms with Gasteiger partial charge in [0.05, 0.1) is 12.2 Å². The minimum absolute atomic E-state index is 0.00877. The van der Waals surface area contributed by atoms with Crippen molar-refractivity contribution in [2.24, 2.45) is 0 Å². The molecule has 0 rings (SSSR count). The average Bonchev–Trinajstić information content (AvgIpc) is 1.78. The van der Waals surface area contributed by atoms with Crippen molar-refractivity contribution in [1.29, 1.82) is 0 Å². The zero-order valence-electron chi connectivity index (χ0n) is 5.52. The number of aliphatic carboxylic acids is 1. The normalized spacial score (nSPS) is 11.5. The molecule has 0 amide bonds. The Morgan fingerprint density at radius 2 is 2.00 bits per heavy atom. The number of thioether (sulfide) groups is 1.